The Morgan fingerprint density at radius 2 is 1.29 bits per heavy atom. The molecule has 0 spiro atoms. The Morgan fingerprint density at radius 1 is 0.714 bits per heavy atom. The predicted octanol–water partition coefficient (Wildman–Crippen LogP) is 9.18. The molecule has 0 aliphatic heterocycles. The Hall–Kier alpha value is -5.56. The van der Waals surface area contributed by atoms with Gasteiger partial charge in [-0.3, -0.25) is 9.59 Å². The maximum atomic E-state index is 14.1. The maximum absolute atomic E-state index is 14.1. The number of rotatable bonds is 9. The Labute approximate surface area is 313 Å². The molecule has 2 heterocycles. The van der Waals surface area contributed by atoms with E-state index in [0.29, 0.717) is 43.3 Å². The number of para-hydroxylation sites is 1. The van der Waals surface area contributed by atoms with Crippen LogP contribution in [0.3, 0.4) is 0 Å². The quantitative estimate of drug-likeness (QED) is 0.143. The summed E-state index contributed by atoms with van der Waals surface area (Å²) < 4.78 is 133. The monoisotopic (exact) mass is 800 g/mol. The summed E-state index contributed by atoms with van der Waals surface area (Å²) in [4.78, 5) is 40.1. The van der Waals surface area contributed by atoms with Crippen LogP contribution in [0.5, 0.6) is 0 Å². The predicted molar refractivity (Wildman–Crippen MR) is 183 cm³/mol. The molecule has 2 aliphatic rings. The van der Waals surface area contributed by atoms with Gasteiger partial charge in [-0.1, -0.05) is 37.1 Å². The highest BCUT2D eigenvalue weighted by Gasteiger charge is 2.41. The first-order chi connectivity index (χ1) is 26.3. The summed E-state index contributed by atoms with van der Waals surface area (Å²) in [5, 5.41) is 7.30. The topological polar surface area (TPSA) is 125 Å². The van der Waals surface area contributed by atoms with Gasteiger partial charge in [-0.25, -0.2) is 24.3 Å². The van der Waals surface area contributed by atoms with E-state index in [4.69, 9.17) is 0 Å². The normalized spacial score (nSPS) is 15.0. The number of alkyl halides is 9. The van der Waals surface area contributed by atoms with Crippen molar-refractivity contribution < 1.29 is 53.5 Å². The van der Waals surface area contributed by atoms with Gasteiger partial charge < -0.3 is 20.9 Å². The Balaban J connectivity index is 0.000000216. The fraction of sp³-hybridized carbons (Fsp3) is 0.389. The van der Waals surface area contributed by atoms with E-state index in [1.54, 1.807) is 30.3 Å². The molecule has 10 nitrogen and oxygen atoms in total. The van der Waals surface area contributed by atoms with Gasteiger partial charge in [-0.2, -0.15) is 39.5 Å². The maximum Gasteiger partial charge on any atom is 0.434 e. The minimum atomic E-state index is -5.04. The summed E-state index contributed by atoms with van der Waals surface area (Å²) in [5.41, 5.74) is -5.97. The van der Waals surface area contributed by atoms with Crippen molar-refractivity contribution in [1.29, 1.82) is 0 Å². The van der Waals surface area contributed by atoms with Crippen LogP contribution in [0.15, 0.2) is 60.9 Å². The zero-order valence-corrected chi connectivity index (χ0v) is 29.4. The van der Waals surface area contributed by atoms with Crippen molar-refractivity contribution in [3.05, 3.63) is 94.8 Å². The molecule has 20 heteroatoms. The Bertz CT molecular complexity index is 2000. The number of hydrogen-bond donors (Lipinski definition) is 3. The molecular formula is C36H34F10N8O2. The highest BCUT2D eigenvalue weighted by molar-refractivity contribution is 5.96. The summed E-state index contributed by atoms with van der Waals surface area (Å²) in [5.74, 6) is -4.13. The molecule has 0 radical (unpaired) electrons. The molecule has 2 aromatic heterocycles. The molecule has 2 fully saturated rings. The summed E-state index contributed by atoms with van der Waals surface area (Å²) in [6.07, 6.45) is -6.89. The molecule has 2 aliphatic carbocycles. The van der Waals surface area contributed by atoms with Gasteiger partial charge in [0.15, 0.2) is 17.2 Å². The molecule has 0 saturated heterocycles. The van der Waals surface area contributed by atoms with E-state index in [1.807, 2.05) is 5.32 Å². The number of halogens is 10. The zero-order chi connectivity index (χ0) is 40.8. The van der Waals surface area contributed by atoms with Crippen LogP contribution in [-0.4, -0.2) is 56.3 Å². The third-order valence-corrected chi connectivity index (χ3v) is 9.14. The highest BCUT2D eigenvalue weighted by Crippen LogP contribution is 2.37. The molecule has 4 aromatic rings. The van der Waals surface area contributed by atoms with Gasteiger partial charge in [-0.15, -0.1) is 0 Å². The van der Waals surface area contributed by atoms with E-state index in [0.717, 1.165) is 50.4 Å². The lowest BCUT2D eigenvalue weighted by Crippen LogP contribution is -2.42. The second-order valence-corrected chi connectivity index (χ2v) is 13.0. The summed E-state index contributed by atoms with van der Waals surface area (Å²) in [7, 11) is 1.37. The van der Waals surface area contributed by atoms with Crippen molar-refractivity contribution in [3.63, 3.8) is 0 Å². The first-order valence-electron chi connectivity index (χ1n) is 17.2. The van der Waals surface area contributed by atoms with Crippen molar-refractivity contribution in [3.8, 4) is 0 Å². The van der Waals surface area contributed by atoms with Gasteiger partial charge in [0.25, 0.3) is 11.8 Å². The van der Waals surface area contributed by atoms with Crippen molar-refractivity contribution in [1.82, 2.24) is 30.2 Å². The minimum absolute atomic E-state index is 0.185. The second-order valence-electron chi connectivity index (χ2n) is 13.0. The number of anilines is 4. The zero-order valence-electron chi connectivity index (χ0n) is 29.4. The van der Waals surface area contributed by atoms with E-state index >= 15 is 0 Å². The van der Waals surface area contributed by atoms with Crippen LogP contribution in [0.1, 0.15) is 82.6 Å². The molecule has 6 rings (SSSR count). The van der Waals surface area contributed by atoms with E-state index in [2.05, 4.69) is 30.6 Å². The van der Waals surface area contributed by atoms with Gasteiger partial charge in [0.2, 0.25) is 11.9 Å². The number of carbonyl (C=O) groups excluding carboxylic acids is 2. The lowest BCUT2D eigenvalue weighted by atomic mass is 9.91. The lowest BCUT2D eigenvalue weighted by molar-refractivity contribution is -0.142. The largest absolute Gasteiger partial charge is 0.434 e. The number of aromatic nitrogens is 4. The van der Waals surface area contributed by atoms with Crippen molar-refractivity contribution >= 4 is 35.1 Å². The third-order valence-electron chi connectivity index (χ3n) is 9.14. The van der Waals surface area contributed by atoms with Gasteiger partial charge in [-0.05, 0) is 62.3 Å². The number of nitrogens with one attached hydrogen (secondary N) is 3. The molecule has 0 atom stereocenters. The summed E-state index contributed by atoms with van der Waals surface area (Å²) in [6, 6.07) is 10.7. The van der Waals surface area contributed by atoms with Crippen molar-refractivity contribution in [2.45, 2.75) is 69.5 Å². The average molecular weight is 801 g/mol. The van der Waals surface area contributed by atoms with Crippen LogP contribution in [0.2, 0.25) is 0 Å². The van der Waals surface area contributed by atoms with Crippen LogP contribution in [0.25, 0.3) is 0 Å². The van der Waals surface area contributed by atoms with E-state index < -0.39 is 75.9 Å². The van der Waals surface area contributed by atoms with E-state index in [-0.39, 0.29) is 12.0 Å². The van der Waals surface area contributed by atoms with Gasteiger partial charge in [0.1, 0.15) is 0 Å². The fourth-order valence-electron chi connectivity index (χ4n) is 5.93. The van der Waals surface area contributed by atoms with Crippen LogP contribution in [-0.2, 0) is 18.5 Å². The first-order valence-corrected chi connectivity index (χ1v) is 17.2. The Kier molecular flexibility index (Phi) is 12.7. The Morgan fingerprint density at radius 3 is 1.84 bits per heavy atom. The number of hydrogen-bond acceptors (Lipinski definition) is 8. The highest BCUT2D eigenvalue weighted by atomic mass is 19.4. The van der Waals surface area contributed by atoms with Crippen LogP contribution in [0, 0.1) is 11.7 Å². The van der Waals surface area contributed by atoms with Crippen molar-refractivity contribution in [2.75, 3.05) is 24.2 Å². The molecule has 300 valence electrons. The van der Waals surface area contributed by atoms with E-state index in [1.165, 1.54) is 11.9 Å². The molecule has 2 amide bonds. The fourth-order valence-corrected chi connectivity index (χ4v) is 5.93. The molecular weight excluding hydrogens is 766 g/mol. The van der Waals surface area contributed by atoms with Gasteiger partial charge in [0, 0.05) is 37.7 Å². The lowest BCUT2D eigenvalue weighted by Gasteiger charge is -2.35. The van der Waals surface area contributed by atoms with E-state index in [9.17, 15) is 53.5 Å². The van der Waals surface area contributed by atoms with Crippen LogP contribution < -0.4 is 16.0 Å². The minimum Gasteiger partial charge on any atom is -0.352 e. The van der Waals surface area contributed by atoms with Gasteiger partial charge >= 0.3 is 18.5 Å². The molecule has 2 aromatic carbocycles. The van der Waals surface area contributed by atoms with Crippen molar-refractivity contribution in [2.24, 2.45) is 5.92 Å². The molecule has 0 bridgehead atoms. The average Bonchev–Trinajstić information content (AvgIpc) is 3.64. The number of amides is 2. The standard InChI is InChI=1S/C18H15F7N4O.C18H19F3N4O/c1-29(9-4-2-5-9)15(30)10-8-26-16(28-14(10)18(23,24)25)27-12-7-3-6-11(13(12)19)17(20,21)22;19-18(20,21)15-14(16(26)22-10-12-6-4-5-7-12)11-23-17(25-15)24-13-8-2-1-3-9-13/h3,6-9H,2,4-5H2,1H3,(H,26,27,28);1-3,8-9,11-12H,4-7,10H2,(H,22,26)(H,23,24,25). The van der Waals surface area contributed by atoms with Crippen LogP contribution in [0.4, 0.5) is 67.2 Å². The smallest absolute Gasteiger partial charge is 0.352 e. The first kappa shape index (κ1) is 41.6. The second kappa shape index (κ2) is 17.1. The molecule has 3 N–H and O–H groups in total. The SMILES string of the molecule is CN(C(=O)c1cnc(Nc2cccc(C(F)(F)F)c2F)nc1C(F)(F)F)C1CCC1.O=C(NCC1CCCC1)c1cnc(Nc2ccccc2)nc1C(F)(F)F. The van der Waals surface area contributed by atoms with Gasteiger partial charge in [0.05, 0.1) is 22.4 Å². The number of carbonyl (C=O) groups is 2. The molecule has 56 heavy (non-hydrogen) atoms. The third kappa shape index (κ3) is 10.4. The number of benzene rings is 2. The molecule has 2 saturated carbocycles. The number of nitrogens with zero attached hydrogens (tertiary/aromatic N) is 5. The summed E-state index contributed by atoms with van der Waals surface area (Å²) >= 11 is 0. The van der Waals surface area contributed by atoms with Crippen LogP contribution >= 0.6 is 0 Å². The summed E-state index contributed by atoms with van der Waals surface area (Å²) in [6.45, 7) is 0.375. The molecule has 0 unspecified atom stereocenters.